The molecule has 0 saturated carbocycles. The second-order valence-electron chi connectivity index (χ2n) is 8.08. The quantitative estimate of drug-likeness (QED) is 0.594. The van der Waals surface area contributed by atoms with Crippen LogP contribution in [0.5, 0.6) is 11.5 Å². The summed E-state index contributed by atoms with van der Waals surface area (Å²) in [6.45, 7) is 2.40. The molecule has 2 heterocycles. The highest BCUT2D eigenvalue weighted by Crippen LogP contribution is 2.46. The Morgan fingerprint density at radius 1 is 1.23 bits per heavy atom. The minimum absolute atomic E-state index is 0.00289. The van der Waals surface area contributed by atoms with Crippen LogP contribution in [0.15, 0.2) is 36.4 Å². The summed E-state index contributed by atoms with van der Waals surface area (Å²) < 4.78 is 11.6. The number of carbonyl (C=O) groups is 1. The van der Waals surface area contributed by atoms with Crippen molar-refractivity contribution in [3.63, 3.8) is 0 Å². The van der Waals surface area contributed by atoms with E-state index in [1.807, 2.05) is 18.2 Å². The van der Waals surface area contributed by atoms with Crippen LogP contribution in [0.2, 0.25) is 0 Å². The van der Waals surface area contributed by atoms with E-state index in [2.05, 4.69) is 11.0 Å². The first kappa shape index (κ1) is 20.7. The van der Waals surface area contributed by atoms with Crippen molar-refractivity contribution in [3.8, 4) is 11.5 Å². The van der Waals surface area contributed by atoms with Crippen LogP contribution in [0.25, 0.3) is 0 Å². The van der Waals surface area contributed by atoms with E-state index in [4.69, 9.17) is 20.3 Å². The highest BCUT2D eigenvalue weighted by atomic mass is 16.5. The van der Waals surface area contributed by atoms with Crippen LogP contribution >= 0.6 is 0 Å². The lowest BCUT2D eigenvalue weighted by molar-refractivity contribution is 0.0536. The number of nitrogens with zero attached hydrogens (tertiary/aromatic N) is 1. The molecule has 0 bridgehead atoms. The summed E-state index contributed by atoms with van der Waals surface area (Å²) >= 11 is 0. The molecule has 0 radical (unpaired) electrons. The number of ether oxygens (including phenoxy) is 2. The predicted molar refractivity (Wildman–Crippen MR) is 113 cm³/mol. The monoisotopic (exact) mass is 412 g/mol. The van der Waals surface area contributed by atoms with E-state index < -0.39 is 6.10 Å². The fraction of sp³-hybridized carbons (Fsp3) is 0.435. The molecule has 1 atom stereocenters. The molecule has 7 heteroatoms. The zero-order valence-electron chi connectivity index (χ0n) is 16.9. The third kappa shape index (κ3) is 3.88. The Labute approximate surface area is 176 Å². The van der Waals surface area contributed by atoms with Crippen molar-refractivity contribution in [3.05, 3.63) is 53.1 Å². The number of fused-ring (bicyclic) bond motifs is 2. The maximum atomic E-state index is 11.6. The summed E-state index contributed by atoms with van der Waals surface area (Å²) in [5.74, 6) is 1.51. The number of rotatable bonds is 7. The number of hydrogen-bond donors (Lipinski definition) is 3. The van der Waals surface area contributed by atoms with Crippen LogP contribution in [0.1, 0.15) is 34.3 Å². The molecular formula is C23H28N2O5. The molecule has 1 spiro atoms. The average Bonchev–Trinajstić information content (AvgIpc) is 3.14. The normalized spacial score (nSPS) is 18.0. The van der Waals surface area contributed by atoms with Crippen LogP contribution in [0.3, 0.4) is 0 Å². The average molecular weight is 412 g/mol. The Bertz CT molecular complexity index is 908. The number of benzene rings is 2. The zero-order chi connectivity index (χ0) is 21.1. The third-order valence-corrected chi connectivity index (χ3v) is 6.20. The van der Waals surface area contributed by atoms with Crippen LogP contribution in [0, 0.1) is 0 Å². The Morgan fingerprint density at radius 2 is 2.03 bits per heavy atom. The molecule has 2 aromatic carbocycles. The minimum Gasteiger partial charge on any atom is -0.492 e. The summed E-state index contributed by atoms with van der Waals surface area (Å²) in [6, 6.07) is 11.5. The van der Waals surface area contributed by atoms with E-state index in [1.54, 1.807) is 12.1 Å². The smallest absolute Gasteiger partial charge is 0.152 e. The van der Waals surface area contributed by atoms with Crippen molar-refractivity contribution in [2.24, 2.45) is 5.73 Å². The summed E-state index contributed by atoms with van der Waals surface area (Å²) in [5, 5.41) is 18.5. The number of piperidine rings is 1. The first-order chi connectivity index (χ1) is 14.6. The summed E-state index contributed by atoms with van der Waals surface area (Å²) in [4.78, 5) is 13.8. The van der Waals surface area contributed by atoms with Crippen molar-refractivity contribution >= 4 is 12.0 Å². The fourth-order valence-corrected chi connectivity index (χ4v) is 4.36. The second kappa shape index (κ2) is 8.63. The van der Waals surface area contributed by atoms with Gasteiger partial charge in [-0.05, 0) is 36.6 Å². The minimum atomic E-state index is -0.935. The lowest BCUT2D eigenvalue weighted by Crippen LogP contribution is -2.44. The van der Waals surface area contributed by atoms with Crippen molar-refractivity contribution in [1.82, 2.24) is 0 Å². The largest absolute Gasteiger partial charge is 0.492 e. The van der Waals surface area contributed by atoms with Gasteiger partial charge in [0.1, 0.15) is 24.2 Å². The molecule has 1 saturated heterocycles. The topological polar surface area (TPSA) is 105 Å². The fourth-order valence-electron chi connectivity index (χ4n) is 4.36. The van der Waals surface area contributed by atoms with Gasteiger partial charge < -0.3 is 30.3 Å². The molecule has 2 aromatic rings. The molecule has 7 nitrogen and oxygen atoms in total. The second-order valence-corrected chi connectivity index (χ2v) is 8.08. The van der Waals surface area contributed by atoms with Crippen LogP contribution in [-0.2, 0) is 12.0 Å². The molecule has 1 unspecified atom stereocenters. The van der Waals surface area contributed by atoms with Crippen LogP contribution < -0.4 is 20.1 Å². The molecule has 2 aliphatic heterocycles. The van der Waals surface area contributed by atoms with Crippen molar-refractivity contribution in [2.45, 2.75) is 30.9 Å². The molecule has 0 aliphatic carbocycles. The van der Waals surface area contributed by atoms with E-state index in [0.29, 0.717) is 24.5 Å². The van der Waals surface area contributed by atoms with E-state index >= 15 is 0 Å². The van der Waals surface area contributed by atoms with Gasteiger partial charge in [-0.15, -0.1) is 0 Å². The summed E-state index contributed by atoms with van der Waals surface area (Å²) in [7, 11) is 0. The van der Waals surface area contributed by atoms with Gasteiger partial charge in [0, 0.05) is 42.2 Å². The van der Waals surface area contributed by atoms with E-state index in [-0.39, 0.29) is 18.6 Å². The van der Waals surface area contributed by atoms with Gasteiger partial charge in [-0.25, -0.2) is 0 Å². The van der Waals surface area contributed by atoms with E-state index in [0.717, 1.165) is 49.2 Å². The molecular weight excluding hydrogens is 384 g/mol. The number of aldehydes is 1. The highest BCUT2D eigenvalue weighted by molar-refractivity contribution is 5.85. The molecule has 4 N–H and O–H groups in total. The number of hydrogen-bond acceptors (Lipinski definition) is 7. The van der Waals surface area contributed by atoms with Crippen molar-refractivity contribution in [2.75, 3.05) is 37.8 Å². The predicted octanol–water partition coefficient (Wildman–Crippen LogP) is 1.62. The highest BCUT2D eigenvalue weighted by Gasteiger charge is 2.43. The van der Waals surface area contributed by atoms with Crippen molar-refractivity contribution < 1.29 is 24.5 Å². The van der Waals surface area contributed by atoms with Gasteiger partial charge in [0.05, 0.1) is 18.9 Å². The van der Waals surface area contributed by atoms with Gasteiger partial charge in [-0.3, -0.25) is 4.79 Å². The van der Waals surface area contributed by atoms with Gasteiger partial charge >= 0.3 is 0 Å². The molecule has 2 aliphatic rings. The van der Waals surface area contributed by atoms with Crippen molar-refractivity contribution in [1.29, 1.82) is 0 Å². The Balaban J connectivity index is 1.51. The molecule has 0 aromatic heterocycles. The lowest BCUT2D eigenvalue weighted by Gasteiger charge is -2.40. The number of carbonyl (C=O) groups excluding carboxylic acids is 1. The number of anilines is 1. The molecule has 1 fully saturated rings. The number of nitrogens with two attached hydrogens (primary N) is 1. The maximum Gasteiger partial charge on any atom is 0.152 e. The molecule has 0 amide bonds. The standard InChI is InChI=1S/C23H28N2O5/c24-11-16-1-4-22-20(9-16)23(15-30-22)5-7-25(8-6-23)21-10-19(3-2-17(21)12-26)29-14-18(28)13-27/h1-4,9-10,12,18,27-28H,5-8,11,13-15,24H2. The first-order valence-corrected chi connectivity index (χ1v) is 10.3. The maximum absolute atomic E-state index is 11.6. The van der Waals surface area contributed by atoms with Gasteiger partial charge in [0.25, 0.3) is 0 Å². The van der Waals surface area contributed by atoms with Crippen LogP contribution in [-0.4, -0.2) is 55.5 Å². The van der Waals surface area contributed by atoms with Crippen LogP contribution in [0.4, 0.5) is 5.69 Å². The van der Waals surface area contributed by atoms with Gasteiger partial charge in [-0.1, -0.05) is 12.1 Å². The third-order valence-electron chi connectivity index (χ3n) is 6.20. The Kier molecular flexibility index (Phi) is 5.94. The number of aliphatic hydroxyl groups excluding tert-OH is 2. The molecule has 160 valence electrons. The van der Waals surface area contributed by atoms with Gasteiger partial charge in [0.2, 0.25) is 0 Å². The van der Waals surface area contributed by atoms with E-state index in [1.165, 1.54) is 5.56 Å². The summed E-state index contributed by atoms with van der Waals surface area (Å²) in [6.07, 6.45) is 1.75. The SMILES string of the molecule is NCc1ccc2c(c1)C1(CCN(c3cc(OCC(O)CO)ccc3C=O)CC1)CO2. The summed E-state index contributed by atoms with van der Waals surface area (Å²) in [5.41, 5.74) is 9.61. The van der Waals surface area contributed by atoms with Gasteiger partial charge in [-0.2, -0.15) is 0 Å². The van der Waals surface area contributed by atoms with Gasteiger partial charge in [0.15, 0.2) is 6.29 Å². The first-order valence-electron chi connectivity index (χ1n) is 10.3. The molecule has 4 rings (SSSR count). The van der Waals surface area contributed by atoms with E-state index in [9.17, 15) is 9.90 Å². The lowest BCUT2D eigenvalue weighted by atomic mass is 9.74. The zero-order valence-corrected chi connectivity index (χ0v) is 16.9. The number of aliphatic hydroxyl groups is 2. The molecule has 30 heavy (non-hydrogen) atoms. The Morgan fingerprint density at radius 3 is 2.73 bits per heavy atom. The Hall–Kier alpha value is -2.61.